The molecule has 1 aliphatic heterocycles. The average molecular weight is 349 g/mol. The highest BCUT2D eigenvalue weighted by Gasteiger charge is 2.35. The highest BCUT2D eigenvalue weighted by Crippen LogP contribution is 2.33. The van der Waals surface area contributed by atoms with Crippen molar-refractivity contribution in [3.8, 4) is 0 Å². The maximum Gasteiger partial charge on any atom is 0.223 e. The van der Waals surface area contributed by atoms with Crippen molar-refractivity contribution in [1.29, 1.82) is 0 Å². The van der Waals surface area contributed by atoms with E-state index >= 15 is 0 Å². The van der Waals surface area contributed by atoms with Crippen LogP contribution in [0.5, 0.6) is 0 Å². The Morgan fingerprint density at radius 1 is 1.36 bits per heavy atom. The number of H-pyrrole nitrogens is 1. The summed E-state index contributed by atoms with van der Waals surface area (Å²) in [4.78, 5) is 14.2. The Labute approximate surface area is 144 Å². The van der Waals surface area contributed by atoms with E-state index in [1.807, 2.05) is 13.8 Å². The van der Waals surface area contributed by atoms with Crippen molar-refractivity contribution in [2.45, 2.75) is 45.3 Å². The van der Waals surface area contributed by atoms with E-state index in [-0.39, 0.29) is 18.9 Å². The zero-order chi connectivity index (χ0) is 18.1. The highest BCUT2D eigenvalue weighted by atomic mass is 19.2. The van der Waals surface area contributed by atoms with Crippen LogP contribution in [-0.4, -0.2) is 38.8 Å². The van der Waals surface area contributed by atoms with Crippen LogP contribution in [0.15, 0.2) is 18.2 Å². The lowest BCUT2D eigenvalue weighted by Crippen LogP contribution is -2.32. The summed E-state index contributed by atoms with van der Waals surface area (Å²) in [6.45, 7) is 3.99. The number of nitrogens with zero attached hydrogens (tertiary/aromatic N) is 2. The Morgan fingerprint density at radius 3 is 2.76 bits per heavy atom. The number of carbonyl (C=O) groups excluding carboxylic acids is 1. The minimum Gasteiger partial charge on any atom is -0.391 e. The molecule has 5 nitrogen and oxygen atoms in total. The van der Waals surface area contributed by atoms with E-state index in [4.69, 9.17) is 0 Å². The lowest BCUT2D eigenvalue weighted by molar-refractivity contribution is -0.132. The van der Waals surface area contributed by atoms with Crippen LogP contribution in [0.2, 0.25) is 0 Å². The average Bonchev–Trinajstić information content (AvgIpc) is 3.11. The van der Waals surface area contributed by atoms with Crippen molar-refractivity contribution in [2.75, 3.05) is 6.54 Å². The minimum atomic E-state index is -0.948. The number of hydrogen-bond acceptors (Lipinski definition) is 3. The van der Waals surface area contributed by atoms with Crippen molar-refractivity contribution in [3.63, 3.8) is 0 Å². The second kappa shape index (κ2) is 6.92. The van der Waals surface area contributed by atoms with E-state index in [1.54, 1.807) is 4.90 Å². The predicted octanol–water partition coefficient (Wildman–Crippen LogP) is 2.57. The van der Waals surface area contributed by atoms with Gasteiger partial charge in [-0.3, -0.25) is 9.89 Å². The number of likely N-dealkylation sites (tertiary alicyclic amines) is 1. The molecule has 0 saturated carbocycles. The van der Waals surface area contributed by atoms with Crippen LogP contribution in [0.4, 0.5) is 8.78 Å². The summed E-state index contributed by atoms with van der Waals surface area (Å²) in [5.41, 5.74) is 3.31. The molecule has 1 amide bonds. The number of amides is 1. The number of halogens is 2. The molecule has 0 spiro atoms. The monoisotopic (exact) mass is 349 g/mol. The standard InChI is InChI=1S/C18H21F2N3O2/c1-10-14(11(2)22-21-10)4-6-18(25)23-9-13(24)8-17(23)12-3-5-15(19)16(20)7-12/h3,5,7,13,17,24H,4,6,8-9H2,1-2H3,(H,21,22). The first-order valence-electron chi connectivity index (χ1n) is 8.29. The van der Waals surface area contributed by atoms with Crippen molar-refractivity contribution < 1.29 is 18.7 Å². The van der Waals surface area contributed by atoms with Gasteiger partial charge in [0.05, 0.1) is 17.8 Å². The third-order valence-electron chi connectivity index (χ3n) is 4.80. The molecule has 2 N–H and O–H groups in total. The number of β-amino-alcohol motifs (C(OH)–C–C–N with tert-alkyl or cyclic N) is 1. The molecule has 0 bridgehead atoms. The molecule has 2 aromatic rings. The first kappa shape index (κ1) is 17.5. The van der Waals surface area contributed by atoms with Crippen molar-refractivity contribution in [2.24, 2.45) is 0 Å². The Kier molecular flexibility index (Phi) is 4.85. The van der Waals surface area contributed by atoms with Crippen molar-refractivity contribution >= 4 is 5.91 Å². The van der Waals surface area contributed by atoms with Gasteiger partial charge in [0, 0.05) is 18.7 Å². The van der Waals surface area contributed by atoms with Gasteiger partial charge in [-0.2, -0.15) is 5.10 Å². The molecule has 0 aliphatic carbocycles. The lowest BCUT2D eigenvalue weighted by Gasteiger charge is -2.25. The fourth-order valence-corrected chi connectivity index (χ4v) is 3.44. The van der Waals surface area contributed by atoms with Crippen molar-refractivity contribution in [3.05, 3.63) is 52.3 Å². The number of aryl methyl sites for hydroxylation is 2. The molecular weight excluding hydrogens is 328 g/mol. The lowest BCUT2D eigenvalue weighted by atomic mass is 10.0. The number of aliphatic hydroxyl groups is 1. The van der Waals surface area contributed by atoms with Gasteiger partial charge >= 0.3 is 0 Å². The van der Waals surface area contributed by atoms with E-state index in [0.717, 1.165) is 29.1 Å². The molecule has 1 aromatic heterocycles. The molecule has 1 aromatic carbocycles. The fraction of sp³-hybridized carbons (Fsp3) is 0.444. The first-order valence-corrected chi connectivity index (χ1v) is 8.29. The van der Waals surface area contributed by atoms with Crippen LogP contribution >= 0.6 is 0 Å². The summed E-state index contributed by atoms with van der Waals surface area (Å²) < 4.78 is 26.7. The fourth-order valence-electron chi connectivity index (χ4n) is 3.44. The summed E-state index contributed by atoms with van der Waals surface area (Å²) in [5.74, 6) is -1.99. The van der Waals surface area contributed by atoms with E-state index in [0.29, 0.717) is 18.4 Å². The van der Waals surface area contributed by atoms with Gasteiger partial charge in [0.25, 0.3) is 0 Å². The molecule has 2 heterocycles. The maximum atomic E-state index is 13.5. The Bertz CT molecular complexity index is 771. The van der Waals surface area contributed by atoms with E-state index < -0.39 is 23.8 Å². The summed E-state index contributed by atoms with van der Waals surface area (Å²) in [6, 6.07) is 3.18. The second-order valence-electron chi connectivity index (χ2n) is 6.54. The second-order valence-corrected chi connectivity index (χ2v) is 6.54. The van der Waals surface area contributed by atoms with Crippen LogP contribution in [0.3, 0.4) is 0 Å². The largest absolute Gasteiger partial charge is 0.391 e. The smallest absolute Gasteiger partial charge is 0.223 e. The summed E-state index contributed by atoms with van der Waals surface area (Å²) in [5, 5.41) is 17.0. The number of hydrogen-bond donors (Lipinski definition) is 2. The number of aromatic amines is 1. The van der Waals surface area contributed by atoms with Gasteiger partial charge in [-0.25, -0.2) is 8.78 Å². The van der Waals surface area contributed by atoms with Gasteiger partial charge < -0.3 is 10.0 Å². The molecule has 25 heavy (non-hydrogen) atoms. The summed E-state index contributed by atoms with van der Waals surface area (Å²) in [7, 11) is 0. The number of rotatable bonds is 4. The Hall–Kier alpha value is -2.28. The normalized spacial score (nSPS) is 20.3. The third-order valence-corrected chi connectivity index (χ3v) is 4.80. The van der Waals surface area contributed by atoms with Crippen LogP contribution < -0.4 is 0 Å². The predicted molar refractivity (Wildman–Crippen MR) is 87.8 cm³/mol. The minimum absolute atomic E-state index is 0.119. The van der Waals surface area contributed by atoms with Crippen molar-refractivity contribution in [1.82, 2.24) is 15.1 Å². The first-order chi connectivity index (χ1) is 11.9. The van der Waals surface area contributed by atoms with Gasteiger partial charge in [0.15, 0.2) is 11.6 Å². The molecule has 0 radical (unpaired) electrons. The summed E-state index contributed by atoms with van der Waals surface area (Å²) in [6.07, 6.45) is 0.471. The molecule has 2 atom stereocenters. The number of benzene rings is 1. The molecule has 134 valence electrons. The van der Waals surface area contributed by atoms with E-state index in [2.05, 4.69) is 10.2 Å². The zero-order valence-electron chi connectivity index (χ0n) is 14.2. The zero-order valence-corrected chi connectivity index (χ0v) is 14.2. The van der Waals surface area contributed by atoms with Gasteiger partial charge in [-0.1, -0.05) is 6.07 Å². The number of aromatic nitrogens is 2. The van der Waals surface area contributed by atoms with Crippen LogP contribution in [0, 0.1) is 25.5 Å². The topological polar surface area (TPSA) is 69.2 Å². The Morgan fingerprint density at radius 2 is 2.12 bits per heavy atom. The SMILES string of the molecule is Cc1n[nH]c(C)c1CCC(=O)N1CC(O)CC1c1ccc(F)c(F)c1. The third kappa shape index (κ3) is 3.56. The van der Waals surface area contributed by atoms with E-state index in [1.165, 1.54) is 6.07 Å². The Balaban J connectivity index is 1.74. The van der Waals surface area contributed by atoms with Crippen LogP contribution in [-0.2, 0) is 11.2 Å². The maximum absolute atomic E-state index is 13.5. The summed E-state index contributed by atoms with van der Waals surface area (Å²) >= 11 is 0. The number of carbonyl (C=O) groups is 1. The highest BCUT2D eigenvalue weighted by molar-refractivity contribution is 5.77. The van der Waals surface area contributed by atoms with Gasteiger partial charge in [-0.15, -0.1) is 0 Å². The van der Waals surface area contributed by atoms with Gasteiger partial charge in [-0.05, 0) is 49.9 Å². The quantitative estimate of drug-likeness (QED) is 0.891. The molecule has 3 rings (SSSR count). The molecule has 7 heteroatoms. The van der Waals surface area contributed by atoms with Crippen LogP contribution in [0.25, 0.3) is 0 Å². The molecule has 1 saturated heterocycles. The number of nitrogens with one attached hydrogen (secondary N) is 1. The van der Waals surface area contributed by atoms with Gasteiger partial charge in [0.1, 0.15) is 0 Å². The molecule has 1 aliphatic rings. The number of aliphatic hydroxyl groups excluding tert-OH is 1. The molecule has 1 fully saturated rings. The molecule has 2 unspecified atom stereocenters. The molecular formula is C18H21F2N3O2. The van der Waals surface area contributed by atoms with Gasteiger partial charge in [0.2, 0.25) is 5.91 Å². The van der Waals surface area contributed by atoms with Crippen LogP contribution in [0.1, 0.15) is 41.4 Å². The van der Waals surface area contributed by atoms with E-state index in [9.17, 15) is 18.7 Å².